The van der Waals surface area contributed by atoms with Gasteiger partial charge in [-0.15, -0.1) is 0 Å². The number of rotatable bonds is 6. The van der Waals surface area contributed by atoms with Crippen molar-refractivity contribution >= 4 is 18.0 Å². The molecule has 0 bridgehead atoms. The Morgan fingerprint density at radius 1 is 1.08 bits per heavy atom. The van der Waals surface area contributed by atoms with Crippen molar-refractivity contribution in [2.24, 2.45) is 14.1 Å². The van der Waals surface area contributed by atoms with Crippen LogP contribution in [0.3, 0.4) is 0 Å². The molecule has 1 aliphatic rings. The molecule has 1 fully saturated rings. The molecule has 0 aliphatic carbocycles. The van der Waals surface area contributed by atoms with E-state index in [1.54, 1.807) is 59.0 Å². The van der Waals surface area contributed by atoms with E-state index in [2.05, 4.69) is 5.32 Å². The Morgan fingerprint density at radius 3 is 2.29 bits per heavy atom. The van der Waals surface area contributed by atoms with Crippen LogP contribution in [0.1, 0.15) is 44.9 Å². The SMILES string of the molecule is COC(=O)C(Cc1ccc(-c2c(C)n(C)c(=O)n(C)c2=O)cc1)NC(=O)C1CCCN1C(=O)OC(C)(C)C. The van der Waals surface area contributed by atoms with E-state index in [4.69, 9.17) is 9.47 Å². The Morgan fingerprint density at radius 2 is 1.71 bits per heavy atom. The quantitative estimate of drug-likeness (QED) is 0.565. The molecule has 3 rings (SSSR count). The zero-order chi connectivity index (χ0) is 28.4. The molecule has 0 radical (unpaired) electrons. The lowest BCUT2D eigenvalue weighted by atomic mass is 10.00. The van der Waals surface area contributed by atoms with Gasteiger partial charge in [-0.1, -0.05) is 24.3 Å². The standard InChI is InChI=1S/C27H36N4O7/c1-16-21(23(33)30(6)25(35)29(16)5)18-12-10-17(11-13-18)15-19(24(34)37-7)28-22(32)20-9-8-14-31(20)26(36)38-27(2,3)4/h10-13,19-20H,8-9,14-15H2,1-7H3,(H,28,32). The topological polar surface area (TPSA) is 129 Å². The first kappa shape index (κ1) is 28.7. The summed E-state index contributed by atoms with van der Waals surface area (Å²) < 4.78 is 12.8. The zero-order valence-corrected chi connectivity index (χ0v) is 23.0. The van der Waals surface area contributed by atoms with Gasteiger partial charge in [0.2, 0.25) is 5.91 Å². The summed E-state index contributed by atoms with van der Waals surface area (Å²) >= 11 is 0. The van der Waals surface area contributed by atoms with E-state index in [0.717, 1.165) is 10.1 Å². The Labute approximate surface area is 221 Å². The van der Waals surface area contributed by atoms with Gasteiger partial charge in [0, 0.05) is 32.8 Å². The van der Waals surface area contributed by atoms with Crippen LogP contribution in [0, 0.1) is 6.92 Å². The van der Waals surface area contributed by atoms with Gasteiger partial charge in [0.05, 0.1) is 12.7 Å². The summed E-state index contributed by atoms with van der Waals surface area (Å²) in [6, 6.07) is 5.25. The lowest BCUT2D eigenvalue weighted by molar-refractivity contribution is -0.145. The molecule has 1 N–H and O–H groups in total. The summed E-state index contributed by atoms with van der Waals surface area (Å²) in [6.07, 6.45) is 0.676. The summed E-state index contributed by atoms with van der Waals surface area (Å²) in [7, 11) is 4.28. The summed E-state index contributed by atoms with van der Waals surface area (Å²) in [4.78, 5) is 64.6. The van der Waals surface area contributed by atoms with Crippen LogP contribution in [0.15, 0.2) is 33.9 Å². The molecule has 0 saturated carbocycles. The second-order valence-electron chi connectivity index (χ2n) is 10.5. The van der Waals surface area contributed by atoms with Crippen molar-refractivity contribution < 1.29 is 23.9 Å². The van der Waals surface area contributed by atoms with Crippen molar-refractivity contribution in [3.05, 3.63) is 56.4 Å². The van der Waals surface area contributed by atoms with Crippen LogP contribution in [0.4, 0.5) is 4.79 Å². The maximum atomic E-state index is 13.1. The minimum Gasteiger partial charge on any atom is -0.467 e. The number of likely N-dealkylation sites (tertiary alicyclic amines) is 1. The van der Waals surface area contributed by atoms with E-state index in [0.29, 0.717) is 36.2 Å². The smallest absolute Gasteiger partial charge is 0.410 e. The van der Waals surface area contributed by atoms with Gasteiger partial charge in [-0.3, -0.25) is 19.1 Å². The number of amides is 2. The molecule has 2 aromatic rings. The summed E-state index contributed by atoms with van der Waals surface area (Å²) in [5.41, 5.74) is 0.790. The summed E-state index contributed by atoms with van der Waals surface area (Å²) in [6.45, 7) is 7.37. The first-order chi connectivity index (χ1) is 17.7. The number of nitrogens with one attached hydrogen (secondary N) is 1. The Balaban J connectivity index is 1.79. The average molecular weight is 529 g/mol. The number of hydrogen-bond donors (Lipinski definition) is 1. The summed E-state index contributed by atoms with van der Waals surface area (Å²) in [5.74, 6) is -1.07. The van der Waals surface area contributed by atoms with Gasteiger partial charge < -0.3 is 19.4 Å². The van der Waals surface area contributed by atoms with Crippen molar-refractivity contribution in [1.82, 2.24) is 19.4 Å². The van der Waals surface area contributed by atoms with Crippen molar-refractivity contribution in [3.8, 4) is 11.1 Å². The Hall–Kier alpha value is -3.89. The van der Waals surface area contributed by atoms with E-state index >= 15 is 0 Å². The molecule has 11 heteroatoms. The number of benzene rings is 1. The molecule has 2 amide bonds. The fourth-order valence-corrected chi connectivity index (χ4v) is 4.50. The lowest BCUT2D eigenvalue weighted by Crippen LogP contribution is -2.52. The van der Waals surface area contributed by atoms with Crippen molar-refractivity contribution in [3.63, 3.8) is 0 Å². The highest BCUT2D eigenvalue weighted by atomic mass is 16.6. The van der Waals surface area contributed by atoms with E-state index in [9.17, 15) is 24.0 Å². The van der Waals surface area contributed by atoms with E-state index in [-0.39, 0.29) is 6.42 Å². The van der Waals surface area contributed by atoms with Crippen LogP contribution >= 0.6 is 0 Å². The maximum absolute atomic E-state index is 13.1. The second kappa shape index (κ2) is 11.2. The largest absolute Gasteiger partial charge is 0.467 e. The van der Waals surface area contributed by atoms with Crippen LogP contribution < -0.4 is 16.6 Å². The predicted octanol–water partition coefficient (Wildman–Crippen LogP) is 1.66. The van der Waals surface area contributed by atoms with E-state index in [1.807, 2.05) is 0 Å². The van der Waals surface area contributed by atoms with Gasteiger partial charge in [-0.05, 0) is 51.7 Å². The first-order valence-electron chi connectivity index (χ1n) is 12.5. The summed E-state index contributed by atoms with van der Waals surface area (Å²) in [5, 5.41) is 2.74. The van der Waals surface area contributed by atoms with Crippen LogP contribution in [0.5, 0.6) is 0 Å². The van der Waals surface area contributed by atoms with Crippen molar-refractivity contribution in [2.45, 2.75) is 64.6 Å². The van der Waals surface area contributed by atoms with Crippen molar-refractivity contribution in [1.29, 1.82) is 0 Å². The minimum atomic E-state index is -0.980. The van der Waals surface area contributed by atoms with Gasteiger partial charge in [0.1, 0.15) is 17.7 Å². The normalized spacial score (nSPS) is 16.2. The molecule has 2 unspecified atom stereocenters. The predicted molar refractivity (Wildman–Crippen MR) is 141 cm³/mol. The molecule has 1 aromatic carbocycles. The van der Waals surface area contributed by atoms with Crippen LogP contribution in [-0.4, -0.2) is 63.3 Å². The van der Waals surface area contributed by atoms with E-state index < -0.39 is 46.9 Å². The number of ether oxygens (including phenoxy) is 2. The molecule has 38 heavy (non-hydrogen) atoms. The minimum absolute atomic E-state index is 0.141. The van der Waals surface area contributed by atoms with Crippen LogP contribution in [0.25, 0.3) is 11.1 Å². The van der Waals surface area contributed by atoms with Gasteiger partial charge in [0.25, 0.3) is 5.56 Å². The fraction of sp³-hybridized carbons (Fsp3) is 0.519. The molecule has 11 nitrogen and oxygen atoms in total. The molecule has 1 saturated heterocycles. The number of aromatic nitrogens is 2. The van der Waals surface area contributed by atoms with Crippen LogP contribution in [0.2, 0.25) is 0 Å². The van der Waals surface area contributed by atoms with Crippen molar-refractivity contribution in [2.75, 3.05) is 13.7 Å². The average Bonchev–Trinajstić information content (AvgIpc) is 3.36. The molecule has 206 valence electrons. The number of hydrogen-bond acceptors (Lipinski definition) is 7. The van der Waals surface area contributed by atoms with Gasteiger partial charge in [0.15, 0.2) is 0 Å². The maximum Gasteiger partial charge on any atom is 0.410 e. The van der Waals surface area contributed by atoms with Crippen LogP contribution in [-0.2, 0) is 39.6 Å². The monoisotopic (exact) mass is 528 g/mol. The zero-order valence-electron chi connectivity index (χ0n) is 23.0. The fourth-order valence-electron chi connectivity index (χ4n) is 4.50. The highest BCUT2D eigenvalue weighted by Gasteiger charge is 2.38. The lowest BCUT2D eigenvalue weighted by Gasteiger charge is -2.28. The third kappa shape index (κ3) is 6.15. The Kier molecular flexibility index (Phi) is 8.48. The van der Waals surface area contributed by atoms with Gasteiger partial charge >= 0.3 is 17.8 Å². The first-order valence-corrected chi connectivity index (χ1v) is 12.5. The number of carbonyl (C=O) groups is 3. The number of esters is 1. The molecular weight excluding hydrogens is 492 g/mol. The van der Waals surface area contributed by atoms with E-state index in [1.165, 1.54) is 23.6 Å². The Bertz CT molecular complexity index is 1340. The molecule has 2 heterocycles. The molecular formula is C27H36N4O7. The number of carbonyl (C=O) groups excluding carboxylic acids is 3. The highest BCUT2D eigenvalue weighted by molar-refractivity contribution is 5.90. The third-order valence-corrected chi connectivity index (χ3v) is 6.63. The molecule has 1 aliphatic heterocycles. The number of methoxy groups -OCH3 is 1. The molecule has 2 atom stereocenters. The van der Waals surface area contributed by atoms with Gasteiger partial charge in [-0.25, -0.2) is 14.4 Å². The highest BCUT2D eigenvalue weighted by Crippen LogP contribution is 2.22. The number of nitrogens with zero attached hydrogens (tertiary/aromatic N) is 3. The molecule has 1 aromatic heterocycles. The molecule has 0 spiro atoms. The second-order valence-corrected chi connectivity index (χ2v) is 10.5. The van der Waals surface area contributed by atoms with Gasteiger partial charge in [-0.2, -0.15) is 0 Å². The third-order valence-electron chi connectivity index (χ3n) is 6.63.